The number of allylic oxidation sites excluding steroid dienone is 3. The SMILES string of the molecule is COc1ccc(Oc2ccc(C(=O)N3CCC(/C(N)=C(\C)C=C(N)N)CC3C)cc2OC)cn1. The third kappa shape index (κ3) is 5.72. The maximum absolute atomic E-state index is 13.3. The Labute approximate surface area is 200 Å². The van der Waals surface area contributed by atoms with Crippen LogP contribution >= 0.6 is 0 Å². The highest BCUT2D eigenvalue weighted by atomic mass is 16.5. The number of benzene rings is 1. The summed E-state index contributed by atoms with van der Waals surface area (Å²) < 4.78 is 16.4. The van der Waals surface area contributed by atoms with Gasteiger partial charge in [-0.2, -0.15) is 0 Å². The molecule has 1 aliphatic heterocycles. The van der Waals surface area contributed by atoms with Crippen molar-refractivity contribution in [3.8, 4) is 23.1 Å². The van der Waals surface area contributed by atoms with E-state index in [-0.39, 0.29) is 23.7 Å². The van der Waals surface area contributed by atoms with Gasteiger partial charge in [-0.25, -0.2) is 4.98 Å². The van der Waals surface area contributed by atoms with E-state index in [0.29, 0.717) is 35.2 Å². The monoisotopic (exact) mass is 467 g/mol. The minimum Gasteiger partial charge on any atom is -0.493 e. The van der Waals surface area contributed by atoms with E-state index in [1.165, 1.54) is 7.11 Å². The van der Waals surface area contributed by atoms with Crippen LogP contribution in [0.4, 0.5) is 0 Å². The molecule has 2 atom stereocenters. The fourth-order valence-electron chi connectivity index (χ4n) is 4.14. The van der Waals surface area contributed by atoms with Crippen LogP contribution in [-0.2, 0) is 0 Å². The van der Waals surface area contributed by atoms with Crippen molar-refractivity contribution in [2.45, 2.75) is 32.7 Å². The van der Waals surface area contributed by atoms with Crippen molar-refractivity contribution in [1.29, 1.82) is 0 Å². The highest BCUT2D eigenvalue weighted by Crippen LogP contribution is 2.34. The number of aromatic nitrogens is 1. The summed E-state index contributed by atoms with van der Waals surface area (Å²) in [5.74, 6) is 2.29. The predicted molar refractivity (Wildman–Crippen MR) is 130 cm³/mol. The average Bonchev–Trinajstić information content (AvgIpc) is 2.83. The van der Waals surface area contributed by atoms with Gasteiger partial charge in [0.05, 0.1) is 26.2 Å². The minimum absolute atomic E-state index is 0.0177. The van der Waals surface area contributed by atoms with E-state index >= 15 is 0 Å². The number of pyridine rings is 1. The van der Waals surface area contributed by atoms with E-state index in [1.807, 2.05) is 18.7 Å². The first-order valence-electron chi connectivity index (χ1n) is 11.1. The van der Waals surface area contributed by atoms with E-state index in [9.17, 15) is 4.79 Å². The molecule has 1 saturated heterocycles. The number of rotatable bonds is 7. The summed E-state index contributed by atoms with van der Waals surface area (Å²) in [7, 11) is 3.09. The number of nitrogens with zero attached hydrogens (tertiary/aromatic N) is 2. The van der Waals surface area contributed by atoms with Gasteiger partial charge in [-0.3, -0.25) is 4.79 Å². The van der Waals surface area contributed by atoms with Crippen molar-refractivity contribution >= 4 is 5.91 Å². The Morgan fingerprint density at radius 3 is 2.47 bits per heavy atom. The first-order chi connectivity index (χ1) is 16.2. The third-order valence-corrected chi connectivity index (χ3v) is 5.97. The molecular formula is C25H33N5O4. The molecule has 9 nitrogen and oxygen atoms in total. The quantitative estimate of drug-likeness (QED) is 0.528. The molecule has 1 fully saturated rings. The highest BCUT2D eigenvalue weighted by molar-refractivity contribution is 5.95. The van der Waals surface area contributed by atoms with Gasteiger partial charge in [0, 0.05) is 35.8 Å². The lowest BCUT2D eigenvalue weighted by Gasteiger charge is -2.38. The van der Waals surface area contributed by atoms with E-state index < -0.39 is 0 Å². The molecule has 9 heteroatoms. The molecule has 0 saturated carbocycles. The normalized spacial score (nSPS) is 18.5. The van der Waals surface area contributed by atoms with E-state index in [2.05, 4.69) is 4.98 Å². The van der Waals surface area contributed by atoms with Gasteiger partial charge >= 0.3 is 0 Å². The van der Waals surface area contributed by atoms with Crippen molar-refractivity contribution < 1.29 is 19.0 Å². The van der Waals surface area contributed by atoms with Gasteiger partial charge in [-0.05, 0) is 62.6 Å². The second-order valence-corrected chi connectivity index (χ2v) is 8.36. The lowest BCUT2D eigenvalue weighted by Crippen LogP contribution is -2.45. The Morgan fingerprint density at radius 2 is 1.88 bits per heavy atom. The molecular weight excluding hydrogens is 434 g/mol. The first kappa shape index (κ1) is 24.8. The molecule has 3 rings (SSSR count). The van der Waals surface area contributed by atoms with Gasteiger partial charge < -0.3 is 36.3 Å². The van der Waals surface area contributed by atoms with E-state index in [4.69, 9.17) is 31.4 Å². The zero-order chi connectivity index (χ0) is 24.8. The fourth-order valence-corrected chi connectivity index (χ4v) is 4.14. The van der Waals surface area contributed by atoms with Crippen molar-refractivity contribution in [2.75, 3.05) is 20.8 Å². The first-order valence-corrected chi connectivity index (χ1v) is 11.1. The summed E-state index contributed by atoms with van der Waals surface area (Å²) in [5, 5.41) is 0. The van der Waals surface area contributed by atoms with Crippen LogP contribution in [-0.4, -0.2) is 42.6 Å². The van der Waals surface area contributed by atoms with Gasteiger partial charge in [0.1, 0.15) is 5.75 Å². The number of piperidine rings is 1. The van der Waals surface area contributed by atoms with Crippen molar-refractivity contribution in [2.24, 2.45) is 23.1 Å². The molecule has 1 aliphatic rings. The van der Waals surface area contributed by atoms with Crippen LogP contribution < -0.4 is 31.4 Å². The van der Waals surface area contributed by atoms with Crippen LogP contribution in [0.2, 0.25) is 0 Å². The Kier molecular flexibility index (Phi) is 7.88. The van der Waals surface area contributed by atoms with Crippen LogP contribution in [0.5, 0.6) is 23.1 Å². The molecule has 2 unspecified atom stereocenters. The number of nitrogens with two attached hydrogens (primary N) is 3. The van der Waals surface area contributed by atoms with Crippen LogP contribution in [0.15, 0.2) is 59.7 Å². The number of hydrogen-bond donors (Lipinski definition) is 3. The summed E-state index contributed by atoms with van der Waals surface area (Å²) in [4.78, 5) is 19.3. The maximum atomic E-state index is 13.3. The second kappa shape index (κ2) is 10.8. The van der Waals surface area contributed by atoms with Crippen LogP contribution in [0, 0.1) is 5.92 Å². The molecule has 0 bridgehead atoms. The molecule has 182 valence electrons. The van der Waals surface area contributed by atoms with Gasteiger partial charge in [0.2, 0.25) is 5.88 Å². The molecule has 0 radical (unpaired) electrons. The summed E-state index contributed by atoms with van der Waals surface area (Å²) in [6.07, 6.45) is 4.76. The lowest BCUT2D eigenvalue weighted by atomic mass is 9.87. The summed E-state index contributed by atoms with van der Waals surface area (Å²) in [5.41, 5.74) is 19.7. The van der Waals surface area contributed by atoms with Gasteiger partial charge in [-0.15, -0.1) is 0 Å². The van der Waals surface area contributed by atoms with Crippen LogP contribution in [0.25, 0.3) is 0 Å². The molecule has 1 aromatic carbocycles. The van der Waals surface area contributed by atoms with Crippen LogP contribution in [0.1, 0.15) is 37.0 Å². The predicted octanol–water partition coefficient (Wildman–Crippen LogP) is 3.12. The number of likely N-dealkylation sites (tertiary alicyclic amines) is 1. The smallest absolute Gasteiger partial charge is 0.254 e. The number of carbonyl (C=O) groups excluding carboxylic acids is 1. The maximum Gasteiger partial charge on any atom is 0.254 e. The van der Waals surface area contributed by atoms with Crippen LogP contribution in [0.3, 0.4) is 0 Å². The zero-order valence-corrected chi connectivity index (χ0v) is 20.1. The molecule has 0 aliphatic carbocycles. The standard InChI is InChI=1S/C25H33N5O4/c1-15(11-22(26)27)24(28)17-9-10-30(16(2)12-17)25(31)18-5-7-20(21(13-18)32-3)34-19-6-8-23(33-4)29-14-19/h5-8,11,13-14,16-17H,9-10,12,26-28H2,1-4H3/b24-15-. The largest absolute Gasteiger partial charge is 0.493 e. The molecule has 1 amide bonds. The molecule has 34 heavy (non-hydrogen) atoms. The molecule has 2 heterocycles. The van der Waals surface area contributed by atoms with Crippen molar-refractivity contribution in [3.63, 3.8) is 0 Å². The van der Waals surface area contributed by atoms with E-state index in [1.54, 1.807) is 49.7 Å². The Bertz CT molecular complexity index is 1080. The van der Waals surface area contributed by atoms with Crippen molar-refractivity contribution in [1.82, 2.24) is 9.88 Å². The fraction of sp³-hybridized carbons (Fsp3) is 0.360. The topological polar surface area (TPSA) is 139 Å². The highest BCUT2D eigenvalue weighted by Gasteiger charge is 2.31. The van der Waals surface area contributed by atoms with Crippen molar-refractivity contribution in [3.05, 3.63) is 65.3 Å². The molecule has 2 aromatic rings. The number of ether oxygens (including phenoxy) is 3. The second-order valence-electron chi connectivity index (χ2n) is 8.36. The zero-order valence-electron chi connectivity index (χ0n) is 20.1. The van der Waals surface area contributed by atoms with Gasteiger partial charge in [-0.1, -0.05) is 0 Å². The number of carbonyl (C=O) groups is 1. The molecule has 6 N–H and O–H groups in total. The van der Waals surface area contributed by atoms with Gasteiger partial charge in [0.25, 0.3) is 5.91 Å². The number of amides is 1. The Morgan fingerprint density at radius 1 is 1.12 bits per heavy atom. The van der Waals surface area contributed by atoms with E-state index in [0.717, 1.165) is 24.1 Å². The Hall–Kier alpha value is -3.88. The molecule has 0 spiro atoms. The summed E-state index contributed by atoms with van der Waals surface area (Å²) in [6, 6.07) is 8.63. The molecule has 1 aromatic heterocycles. The summed E-state index contributed by atoms with van der Waals surface area (Å²) in [6.45, 7) is 4.53. The third-order valence-electron chi connectivity index (χ3n) is 5.97. The average molecular weight is 468 g/mol. The van der Waals surface area contributed by atoms with Gasteiger partial charge in [0.15, 0.2) is 11.5 Å². The summed E-state index contributed by atoms with van der Waals surface area (Å²) >= 11 is 0. The minimum atomic E-state index is -0.0627. The lowest BCUT2D eigenvalue weighted by molar-refractivity contribution is 0.0595. The Balaban J connectivity index is 1.72. The number of methoxy groups -OCH3 is 2. The number of hydrogen-bond acceptors (Lipinski definition) is 8.